The molecule has 2 atom stereocenters. The van der Waals surface area contributed by atoms with Crippen LogP contribution >= 0.6 is 0 Å². The minimum Gasteiger partial charge on any atom is -0.370 e. The van der Waals surface area contributed by atoms with Crippen molar-refractivity contribution in [2.45, 2.75) is 32.7 Å². The first-order valence-electron chi connectivity index (χ1n) is 6.95. The van der Waals surface area contributed by atoms with Crippen molar-refractivity contribution in [3.8, 4) is 0 Å². The molecule has 5 heteroatoms. The number of hydrogen-bond donors (Lipinski definition) is 2. The maximum atomic E-state index is 10.5. The molecule has 0 spiro atoms. The fourth-order valence-electron chi connectivity index (χ4n) is 2.48. The van der Waals surface area contributed by atoms with Gasteiger partial charge in [-0.1, -0.05) is 6.92 Å². The highest BCUT2D eigenvalue weighted by molar-refractivity contribution is 5.74. The Balaban J connectivity index is 2.11. The first-order valence-corrected chi connectivity index (χ1v) is 6.95. The third-order valence-corrected chi connectivity index (χ3v) is 3.65. The van der Waals surface area contributed by atoms with E-state index in [1.165, 1.54) is 25.9 Å². The van der Waals surface area contributed by atoms with Gasteiger partial charge in [0, 0.05) is 19.1 Å². The molecule has 2 unspecified atom stereocenters. The van der Waals surface area contributed by atoms with Crippen LogP contribution in [0.4, 0.5) is 0 Å². The van der Waals surface area contributed by atoms with Crippen LogP contribution in [-0.2, 0) is 9.53 Å². The average molecular weight is 257 g/mol. The summed E-state index contributed by atoms with van der Waals surface area (Å²) in [5.41, 5.74) is 4.99. The number of nitrogens with one attached hydrogen (secondary N) is 1. The topological polar surface area (TPSA) is 67.6 Å². The van der Waals surface area contributed by atoms with Crippen molar-refractivity contribution >= 4 is 5.91 Å². The van der Waals surface area contributed by atoms with Crippen molar-refractivity contribution in [2.24, 2.45) is 11.7 Å². The fraction of sp³-hybridized carbons (Fsp3) is 0.923. The van der Waals surface area contributed by atoms with Gasteiger partial charge in [-0.3, -0.25) is 4.79 Å². The molecule has 0 aliphatic carbocycles. The lowest BCUT2D eigenvalue weighted by Crippen LogP contribution is -2.45. The molecular formula is C13H27N3O2. The van der Waals surface area contributed by atoms with E-state index < -0.39 is 5.91 Å². The molecule has 1 rings (SSSR count). The van der Waals surface area contributed by atoms with E-state index in [0.717, 1.165) is 19.0 Å². The Morgan fingerprint density at radius 2 is 2.39 bits per heavy atom. The normalized spacial score (nSPS) is 22.9. The maximum Gasteiger partial charge on any atom is 0.243 e. The lowest BCUT2D eigenvalue weighted by atomic mass is 9.91. The monoisotopic (exact) mass is 257 g/mol. The van der Waals surface area contributed by atoms with E-state index in [-0.39, 0.29) is 6.61 Å². The van der Waals surface area contributed by atoms with Gasteiger partial charge in [0.25, 0.3) is 0 Å². The summed E-state index contributed by atoms with van der Waals surface area (Å²) in [6, 6.07) is 0.497. The van der Waals surface area contributed by atoms with Crippen LogP contribution in [0.15, 0.2) is 0 Å². The Hall–Kier alpha value is -0.650. The van der Waals surface area contributed by atoms with Gasteiger partial charge in [0.1, 0.15) is 6.61 Å². The summed E-state index contributed by atoms with van der Waals surface area (Å²) in [5, 5.41) is 3.47. The number of likely N-dealkylation sites (tertiary alicyclic amines) is 1. The van der Waals surface area contributed by atoms with Gasteiger partial charge in [0.2, 0.25) is 5.91 Å². The molecule has 0 radical (unpaired) electrons. The predicted octanol–water partition coefficient (Wildman–Crippen LogP) is 0.198. The third-order valence-electron chi connectivity index (χ3n) is 3.65. The summed E-state index contributed by atoms with van der Waals surface area (Å²) in [6.07, 6.45) is 2.59. The van der Waals surface area contributed by atoms with Crippen LogP contribution in [0.2, 0.25) is 0 Å². The van der Waals surface area contributed by atoms with Gasteiger partial charge in [0.05, 0.1) is 6.61 Å². The predicted molar refractivity (Wildman–Crippen MR) is 72.3 cm³/mol. The van der Waals surface area contributed by atoms with Crippen LogP contribution in [0.3, 0.4) is 0 Å². The molecule has 0 aromatic carbocycles. The third kappa shape index (κ3) is 5.80. The quantitative estimate of drug-likeness (QED) is 0.610. The number of nitrogens with two attached hydrogens (primary N) is 1. The first-order chi connectivity index (χ1) is 8.63. The van der Waals surface area contributed by atoms with E-state index >= 15 is 0 Å². The maximum absolute atomic E-state index is 10.5. The standard InChI is InChI=1S/C13H27N3O2/c1-3-16-7-4-5-12(9-16)11(2)15-6-8-18-10-13(14)17/h11-12,15H,3-10H2,1-2H3,(H2,14,17). The minimum absolute atomic E-state index is 0.0170. The number of piperidine rings is 1. The average Bonchev–Trinajstić information content (AvgIpc) is 2.37. The zero-order valence-electron chi connectivity index (χ0n) is 11.7. The zero-order valence-corrected chi connectivity index (χ0v) is 11.7. The number of amides is 1. The lowest BCUT2D eigenvalue weighted by Gasteiger charge is -2.35. The first kappa shape index (κ1) is 15.4. The number of carbonyl (C=O) groups is 1. The molecule has 1 heterocycles. The van der Waals surface area contributed by atoms with E-state index in [9.17, 15) is 4.79 Å². The highest BCUT2D eigenvalue weighted by Crippen LogP contribution is 2.19. The van der Waals surface area contributed by atoms with Crippen LogP contribution in [-0.4, -0.2) is 56.2 Å². The Bertz CT molecular complexity index is 248. The number of hydrogen-bond acceptors (Lipinski definition) is 4. The fourth-order valence-corrected chi connectivity index (χ4v) is 2.48. The minimum atomic E-state index is -0.408. The van der Waals surface area contributed by atoms with Crippen molar-refractivity contribution in [1.29, 1.82) is 0 Å². The van der Waals surface area contributed by atoms with Crippen molar-refractivity contribution in [3.63, 3.8) is 0 Å². The van der Waals surface area contributed by atoms with E-state index in [4.69, 9.17) is 10.5 Å². The van der Waals surface area contributed by atoms with Crippen LogP contribution < -0.4 is 11.1 Å². The highest BCUT2D eigenvalue weighted by atomic mass is 16.5. The number of nitrogens with zero attached hydrogens (tertiary/aromatic N) is 1. The lowest BCUT2D eigenvalue weighted by molar-refractivity contribution is -0.122. The van der Waals surface area contributed by atoms with E-state index in [1.54, 1.807) is 0 Å². The van der Waals surface area contributed by atoms with Gasteiger partial charge in [-0.2, -0.15) is 0 Å². The SMILES string of the molecule is CCN1CCCC(C(C)NCCOCC(N)=O)C1. The Labute approximate surface area is 110 Å². The molecule has 1 fully saturated rings. The zero-order chi connectivity index (χ0) is 13.4. The molecule has 1 aliphatic heterocycles. The number of primary amides is 1. The van der Waals surface area contributed by atoms with E-state index in [2.05, 4.69) is 24.1 Å². The number of rotatable bonds is 8. The van der Waals surface area contributed by atoms with Gasteiger partial charge in [-0.15, -0.1) is 0 Å². The molecule has 1 aliphatic rings. The molecule has 0 saturated carbocycles. The molecule has 0 aromatic heterocycles. The summed E-state index contributed by atoms with van der Waals surface area (Å²) >= 11 is 0. The molecule has 0 bridgehead atoms. The Morgan fingerprint density at radius 1 is 1.61 bits per heavy atom. The van der Waals surface area contributed by atoms with Crippen LogP contribution in [0, 0.1) is 5.92 Å². The molecule has 0 aromatic rings. The van der Waals surface area contributed by atoms with Crippen molar-refractivity contribution in [1.82, 2.24) is 10.2 Å². The van der Waals surface area contributed by atoms with Gasteiger partial charge >= 0.3 is 0 Å². The smallest absolute Gasteiger partial charge is 0.243 e. The Morgan fingerprint density at radius 3 is 3.06 bits per heavy atom. The molecule has 5 nitrogen and oxygen atoms in total. The van der Waals surface area contributed by atoms with E-state index in [1.807, 2.05) is 0 Å². The largest absolute Gasteiger partial charge is 0.370 e. The summed E-state index contributed by atoms with van der Waals surface area (Å²) in [6.45, 7) is 9.35. The molecule has 106 valence electrons. The van der Waals surface area contributed by atoms with Crippen LogP contribution in [0.25, 0.3) is 0 Å². The molecular weight excluding hydrogens is 230 g/mol. The number of carbonyl (C=O) groups excluding carboxylic acids is 1. The van der Waals surface area contributed by atoms with Crippen LogP contribution in [0.5, 0.6) is 0 Å². The van der Waals surface area contributed by atoms with Crippen LogP contribution in [0.1, 0.15) is 26.7 Å². The van der Waals surface area contributed by atoms with Gasteiger partial charge < -0.3 is 20.7 Å². The second-order valence-electron chi connectivity index (χ2n) is 5.06. The summed E-state index contributed by atoms with van der Waals surface area (Å²) in [5.74, 6) is 0.309. The highest BCUT2D eigenvalue weighted by Gasteiger charge is 2.23. The summed E-state index contributed by atoms with van der Waals surface area (Å²) in [4.78, 5) is 13.0. The van der Waals surface area contributed by atoms with Gasteiger partial charge in [-0.05, 0) is 38.8 Å². The van der Waals surface area contributed by atoms with Crippen molar-refractivity contribution < 1.29 is 9.53 Å². The second-order valence-corrected chi connectivity index (χ2v) is 5.06. The molecule has 3 N–H and O–H groups in total. The summed E-state index contributed by atoms with van der Waals surface area (Å²) < 4.78 is 5.13. The molecule has 18 heavy (non-hydrogen) atoms. The van der Waals surface area contributed by atoms with Gasteiger partial charge in [-0.25, -0.2) is 0 Å². The summed E-state index contributed by atoms with van der Waals surface area (Å²) in [7, 11) is 0. The van der Waals surface area contributed by atoms with E-state index in [0.29, 0.717) is 12.6 Å². The molecule has 1 saturated heterocycles. The van der Waals surface area contributed by atoms with Gasteiger partial charge in [0.15, 0.2) is 0 Å². The van der Waals surface area contributed by atoms with Crippen molar-refractivity contribution in [2.75, 3.05) is 39.4 Å². The van der Waals surface area contributed by atoms with Crippen molar-refractivity contribution in [3.05, 3.63) is 0 Å². The Kier molecular flexibility index (Phi) is 7.23. The number of ether oxygens (including phenoxy) is 1. The second kappa shape index (κ2) is 8.45. The molecule has 1 amide bonds.